The van der Waals surface area contributed by atoms with Crippen LogP contribution in [0, 0.1) is 10.1 Å². The number of hydrogen-bond acceptors (Lipinski definition) is 6. The molecule has 0 aromatic heterocycles. The van der Waals surface area contributed by atoms with Gasteiger partial charge in [-0.25, -0.2) is 0 Å². The van der Waals surface area contributed by atoms with Crippen LogP contribution >= 0.6 is 0 Å². The summed E-state index contributed by atoms with van der Waals surface area (Å²) in [4.78, 5) is 21.8. The molecule has 3 rings (SSSR count). The zero-order valence-electron chi connectivity index (χ0n) is 13.5. The summed E-state index contributed by atoms with van der Waals surface area (Å²) in [7, 11) is -4.74. The molecule has 0 spiro atoms. The van der Waals surface area contributed by atoms with E-state index in [0.717, 1.165) is 18.2 Å². The lowest BCUT2D eigenvalue weighted by Crippen LogP contribution is -2.13. The molecule has 0 heterocycles. The topological polar surface area (TPSA) is 147 Å². The number of hydrogen-bond donors (Lipinski definition) is 3. The van der Waals surface area contributed by atoms with Crippen LogP contribution in [-0.4, -0.2) is 28.9 Å². The fourth-order valence-corrected chi connectivity index (χ4v) is 3.18. The maximum Gasteiger partial charge on any atom is 0.298 e. The molecular formula is C17H12N2O7S. The van der Waals surface area contributed by atoms with E-state index in [2.05, 4.69) is 5.32 Å². The van der Waals surface area contributed by atoms with Crippen molar-refractivity contribution in [2.45, 2.75) is 4.90 Å². The normalized spacial score (nSPS) is 11.3. The number of rotatable bonds is 4. The molecule has 10 heteroatoms. The Labute approximate surface area is 152 Å². The number of amides is 1. The third kappa shape index (κ3) is 3.57. The highest BCUT2D eigenvalue weighted by molar-refractivity contribution is 7.86. The van der Waals surface area contributed by atoms with Gasteiger partial charge in [-0.15, -0.1) is 0 Å². The second-order valence-corrected chi connectivity index (χ2v) is 6.94. The van der Waals surface area contributed by atoms with Crippen LogP contribution in [0.15, 0.2) is 59.5 Å². The fraction of sp³-hybridized carbons (Fsp3) is 0. The highest BCUT2D eigenvalue weighted by Crippen LogP contribution is 2.38. The second-order valence-electron chi connectivity index (χ2n) is 5.55. The van der Waals surface area contributed by atoms with E-state index in [9.17, 15) is 33.0 Å². The van der Waals surface area contributed by atoms with Crippen LogP contribution in [0.2, 0.25) is 0 Å². The third-order valence-corrected chi connectivity index (χ3v) is 4.71. The summed E-state index contributed by atoms with van der Waals surface area (Å²) in [5.41, 5.74) is -0.348. The minimum Gasteiger partial charge on any atom is -0.504 e. The molecular weight excluding hydrogens is 376 g/mol. The van der Waals surface area contributed by atoms with E-state index < -0.39 is 31.6 Å². The van der Waals surface area contributed by atoms with Crippen LogP contribution < -0.4 is 5.32 Å². The summed E-state index contributed by atoms with van der Waals surface area (Å²) < 4.78 is 32.4. The third-order valence-electron chi connectivity index (χ3n) is 3.84. The number of nitro benzene ring substituents is 1. The molecule has 0 fully saturated rings. The molecule has 0 radical (unpaired) electrons. The van der Waals surface area contributed by atoms with E-state index in [4.69, 9.17) is 0 Å². The van der Waals surface area contributed by atoms with Crippen LogP contribution in [0.5, 0.6) is 5.75 Å². The van der Waals surface area contributed by atoms with Crippen molar-refractivity contribution in [3.05, 3.63) is 70.3 Å². The van der Waals surface area contributed by atoms with Crippen LogP contribution in [0.25, 0.3) is 10.8 Å². The van der Waals surface area contributed by atoms with E-state index in [1.54, 1.807) is 24.3 Å². The molecule has 3 aromatic carbocycles. The van der Waals surface area contributed by atoms with Gasteiger partial charge in [0, 0.05) is 23.1 Å². The second kappa shape index (κ2) is 6.67. The molecule has 3 N–H and O–H groups in total. The molecule has 0 unspecified atom stereocenters. The predicted octanol–water partition coefficient (Wildman–Crippen LogP) is 2.95. The number of nitrogens with zero attached hydrogens (tertiary/aromatic N) is 1. The maximum absolute atomic E-state index is 12.4. The number of phenols is 1. The zero-order chi connectivity index (χ0) is 19.8. The summed E-state index contributed by atoms with van der Waals surface area (Å²) in [5, 5.41) is 24.1. The lowest BCUT2D eigenvalue weighted by Gasteiger charge is -2.13. The Morgan fingerprint density at radius 3 is 2.30 bits per heavy atom. The smallest absolute Gasteiger partial charge is 0.298 e. The van der Waals surface area contributed by atoms with Crippen molar-refractivity contribution < 1.29 is 27.8 Å². The molecule has 0 saturated carbocycles. The number of non-ortho nitro benzene ring substituents is 1. The highest BCUT2D eigenvalue weighted by atomic mass is 32.2. The van der Waals surface area contributed by atoms with Crippen LogP contribution in [0.1, 0.15) is 10.4 Å². The Balaban J connectivity index is 2.09. The Morgan fingerprint density at radius 2 is 1.70 bits per heavy atom. The van der Waals surface area contributed by atoms with Crippen molar-refractivity contribution in [3.63, 3.8) is 0 Å². The van der Waals surface area contributed by atoms with Crippen molar-refractivity contribution in [1.82, 2.24) is 0 Å². The Hall–Kier alpha value is -3.50. The van der Waals surface area contributed by atoms with Crippen molar-refractivity contribution in [2.75, 3.05) is 5.32 Å². The average molecular weight is 388 g/mol. The van der Waals surface area contributed by atoms with Crippen LogP contribution in [0.3, 0.4) is 0 Å². The summed E-state index contributed by atoms with van der Waals surface area (Å²) in [5.74, 6) is -1.54. The predicted molar refractivity (Wildman–Crippen MR) is 96.5 cm³/mol. The summed E-state index contributed by atoms with van der Waals surface area (Å²) in [6.45, 7) is 0. The minimum absolute atomic E-state index is 0.0568. The van der Waals surface area contributed by atoms with Crippen LogP contribution in [-0.2, 0) is 10.1 Å². The van der Waals surface area contributed by atoms with Gasteiger partial charge in [-0.1, -0.05) is 24.3 Å². The zero-order valence-corrected chi connectivity index (χ0v) is 14.3. The minimum atomic E-state index is -4.74. The fourth-order valence-electron chi connectivity index (χ4n) is 2.55. The summed E-state index contributed by atoms with van der Waals surface area (Å²) in [6, 6.07) is 12.1. The molecule has 1 amide bonds. The molecule has 0 atom stereocenters. The van der Waals surface area contributed by atoms with Gasteiger partial charge in [-0.3, -0.25) is 19.5 Å². The highest BCUT2D eigenvalue weighted by Gasteiger charge is 2.22. The van der Waals surface area contributed by atoms with E-state index in [-0.39, 0.29) is 16.9 Å². The number of carbonyl (C=O) groups excluding carboxylic acids is 1. The number of anilines is 1. The molecule has 3 aromatic rings. The SMILES string of the molecule is O=C(Nc1c(O)c(S(=O)(=O)O)cc2ccccc12)c1ccc([N+](=O)[O-])cc1. The quantitative estimate of drug-likeness (QED) is 0.269. The van der Waals surface area contributed by atoms with Crippen molar-refractivity contribution in [3.8, 4) is 5.75 Å². The summed E-state index contributed by atoms with van der Waals surface area (Å²) in [6.07, 6.45) is 0. The number of carbonyl (C=O) groups is 1. The van der Waals surface area contributed by atoms with Gasteiger partial charge >= 0.3 is 0 Å². The first-order valence-corrected chi connectivity index (χ1v) is 8.90. The molecule has 0 aliphatic rings. The summed E-state index contributed by atoms with van der Waals surface area (Å²) >= 11 is 0. The van der Waals surface area contributed by atoms with Crippen molar-refractivity contribution >= 4 is 38.2 Å². The van der Waals surface area contributed by atoms with Gasteiger partial charge < -0.3 is 10.4 Å². The van der Waals surface area contributed by atoms with Gasteiger partial charge in [0.05, 0.1) is 10.6 Å². The van der Waals surface area contributed by atoms with Gasteiger partial charge in [0.2, 0.25) is 0 Å². The van der Waals surface area contributed by atoms with Crippen molar-refractivity contribution in [1.29, 1.82) is 0 Å². The number of fused-ring (bicyclic) bond motifs is 1. The first-order chi connectivity index (χ1) is 12.7. The number of benzene rings is 3. The maximum atomic E-state index is 12.4. The number of aromatic hydroxyl groups is 1. The number of nitro groups is 1. The number of nitrogens with one attached hydrogen (secondary N) is 1. The lowest BCUT2D eigenvalue weighted by molar-refractivity contribution is -0.384. The molecule has 27 heavy (non-hydrogen) atoms. The van der Waals surface area contributed by atoms with Gasteiger partial charge in [0.25, 0.3) is 21.7 Å². The van der Waals surface area contributed by atoms with Gasteiger partial charge in [-0.2, -0.15) is 8.42 Å². The average Bonchev–Trinajstić information content (AvgIpc) is 2.62. The van der Waals surface area contributed by atoms with Gasteiger partial charge in [0.15, 0.2) is 5.75 Å². The molecule has 0 saturated heterocycles. The largest absolute Gasteiger partial charge is 0.504 e. The molecule has 138 valence electrons. The van der Waals surface area contributed by atoms with Gasteiger partial charge in [-0.05, 0) is 23.6 Å². The Bertz CT molecular complexity index is 1170. The Kier molecular flexibility index (Phi) is 4.52. The molecule has 0 aliphatic heterocycles. The van der Waals surface area contributed by atoms with E-state index in [1.807, 2.05) is 0 Å². The van der Waals surface area contributed by atoms with Crippen molar-refractivity contribution in [2.24, 2.45) is 0 Å². The van der Waals surface area contributed by atoms with E-state index >= 15 is 0 Å². The van der Waals surface area contributed by atoms with Gasteiger partial charge in [0.1, 0.15) is 4.90 Å². The first kappa shape index (κ1) is 18.3. The number of phenolic OH excluding ortho intramolecular Hbond substituents is 1. The first-order valence-electron chi connectivity index (χ1n) is 7.46. The Morgan fingerprint density at radius 1 is 1.07 bits per heavy atom. The molecule has 0 aliphatic carbocycles. The van der Waals surface area contributed by atoms with Crippen LogP contribution in [0.4, 0.5) is 11.4 Å². The molecule has 9 nitrogen and oxygen atoms in total. The lowest BCUT2D eigenvalue weighted by atomic mass is 10.1. The molecule has 0 bridgehead atoms. The standard InChI is InChI=1S/C17H12N2O7S/c20-16-14(27(24,25)26)9-11-3-1-2-4-13(11)15(16)18-17(21)10-5-7-12(8-6-10)19(22)23/h1-9,20H,(H,18,21)(H,24,25,26). The van der Waals surface area contributed by atoms with E-state index in [1.165, 1.54) is 12.1 Å². The van der Waals surface area contributed by atoms with E-state index in [0.29, 0.717) is 10.8 Å². The monoisotopic (exact) mass is 388 g/mol.